The number of halogens is 3. The van der Waals surface area contributed by atoms with E-state index in [0.29, 0.717) is 22.9 Å². The van der Waals surface area contributed by atoms with Gasteiger partial charge in [-0.25, -0.2) is 4.39 Å². The number of benzene rings is 2. The van der Waals surface area contributed by atoms with E-state index in [9.17, 15) is 4.39 Å². The van der Waals surface area contributed by atoms with E-state index < -0.39 is 5.82 Å². The smallest absolute Gasteiger partial charge is 0.145 e. The number of ether oxygens (including phenoxy) is 1. The van der Waals surface area contributed by atoms with Crippen molar-refractivity contribution in [3.05, 3.63) is 57.8 Å². The third-order valence-corrected chi connectivity index (χ3v) is 3.22. The molecule has 5 heteroatoms. The Kier molecular flexibility index (Phi) is 4.86. The van der Waals surface area contributed by atoms with Crippen LogP contribution in [0.4, 0.5) is 4.39 Å². The van der Waals surface area contributed by atoms with Crippen molar-refractivity contribution in [2.24, 2.45) is 5.73 Å². The normalized spacial score (nSPS) is 12.2. The molecule has 0 fully saturated rings. The third kappa shape index (κ3) is 3.85. The fraction of sp³-hybridized carbons (Fsp3) is 0.200. The number of rotatable bonds is 4. The van der Waals surface area contributed by atoms with Crippen LogP contribution in [0.25, 0.3) is 0 Å². The highest BCUT2D eigenvalue weighted by molar-refractivity contribution is 6.31. The Morgan fingerprint density at radius 1 is 1.20 bits per heavy atom. The molecule has 0 aliphatic rings. The lowest BCUT2D eigenvalue weighted by molar-refractivity contribution is 0.468. The van der Waals surface area contributed by atoms with Crippen LogP contribution in [-0.2, 0) is 6.42 Å². The molecule has 0 bridgehead atoms. The van der Waals surface area contributed by atoms with Crippen LogP contribution in [0, 0.1) is 5.82 Å². The summed E-state index contributed by atoms with van der Waals surface area (Å²) in [6.45, 7) is 1.90. The molecule has 0 aliphatic carbocycles. The summed E-state index contributed by atoms with van der Waals surface area (Å²) in [5, 5.41) is 0.666. The quantitative estimate of drug-likeness (QED) is 0.878. The molecule has 20 heavy (non-hydrogen) atoms. The van der Waals surface area contributed by atoms with Crippen LogP contribution in [0.15, 0.2) is 36.4 Å². The lowest BCUT2D eigenvalue weighted by Crippen LogP contribution is -2.18. The van der Waals surface area contributed by atoms with Gasteiger partial charge in [-0.2, -0.15) is 0 Å². The average Bonchev–Trinajstić information content (AvgIpc) is 2.36. The molecular formula is C15H14Cl2FNO. The van der Waals surface area contributed by atoms with Gasteiger partial charge in [-0.3, -0.25) is 0 Å². The summed E-state index contributed by atoms with van der Waals surface area (Å²) in [7, 11) is 0. The van der Waals surface area contributed by atoms with E-state index in [-0.39, 0.29) is 11.1 Å². The number of hydrogen-bond acceptors (Lipinski definition) is 2. The number of hydrogen-bond donors (Lipinski definition) is 1. The molecule has 0 heterocycles. The van der Waals surface area contributed by atoms with Crippen molar-refractivity contribution in [3.8, 4) is 11.5 Å². The second-order valence-electron chi connectivity index (χ2n) is 4.61. The van der Waals surface area contributed by atoms with Crippen molar-refractivity contribution in [2.75, 3.05) is 0 Å². The zero-order valence-corrected chi connectivity index (χ0v) is 12.4. The zero-order valence-electron chi connectivity index (χ0n) is 10.9. The van der Waals surface area contributed by atoms with Gasteiger partial charge in [-0.15, -0.1) is 0 Å². The summed E-state index contributed by atoms with van der Waals surface area (Å²) >= 11 is 11.6. The second-order valence-corrected chi connectivity index (χ2v) is 5.46. The van der Waals surface area contributed by atoms with E-state index in [2.05, 4.69) is 0 Å². The van der Waals surface area contributed by atoms with Crippen molar-refractivity contribution < 1.29 is 9.13 Å². The van der Waals surface area contributed by atoms with E-state index in [1.807, 2.05) is 6.92 Å². The maximum absolute atomic E-state index is 13.4. The molecule has 2 rings (SSSR count). The Morgan fingerprint density at radius 3 is 2.60 bits per heavy atom. The van der Waals surface area contributed by atoms with Crippen LogP contribution in [0.5, 0.6) is 11.5 Å². The van der Waals surface area contributed by atoms with E-state index in [1.54, 1.807) is 24.3 Å². The SMILES string of the molecule is CC(N)Cc1cc(Cl)ccc1Oc1ccc(Cl)c(F)c1. The first kappa shape index (κ1) is 15.1. The standard InChI is InChI=1S/C15H14Cl2FNO/c1-9(19)6-10-7-11(16)2-5-15(10)20-12-3-4-13(17)14(18)8-12/h2-5,7-9H,6,19H2,1H3. The van der Waals surface area contributed by atoms with Crippen LogP contribution in [-0.4, -0.2) is 6.04 Å². The van der Waals surface area contributed by atoms with Gasteiger partial charge < -0.3 is 10.5 Å². The number of nitrogens with two attached hydrogens (primary N) is 1. The Balaban J connectivity index is 2.30. The van der Waals surface area contributed by atoms with Gasteiger partial charge in [0.05, 0.1) is 5.02 Å². The van der Waals surface area contributed by atoms with Crippen molar-refractivity contribution in [3.63, 3.8) is 0 Å². The van der Waals surface area contributed by atoms with Gasteiger partial charge in [0.1, 0.15) is 17.3 Å². The Labute approximate surface area is 127 Å². The summed E-state index contributed by atoms with van der Waals surface area (Å²) in [4.78, 5) is 0. The largest absolute Gasteiger partial charge is 0.457 e. The molecule has 0 amide bonds. The highest BCUT2D eigenvalue weighted by atomic mass is 35.5. The van der Waals surface area contributed by atoms with Crippen LogP contribution in [0.1, 0.15) is 12.5 Å². The first-order chi connectivity index (χ1) is 9.45. The molecule has 1 unspecified atom stereocenters. The molecular weight excluding hydrogens is 300 g/mol. The van der Waals surface area contributed by atoms with E-state index >= 15 is 0 Å². The molecule has 0 saturated carbocycles. The monoisotopic (exact) mass is 313 g/mol. The van der Waals surface area contributed by atoms with Crippen LogP contribution >= 0.6 is 23.2 Å². The van der Waals surface area contributed by atoms with Gasteiger partial charge in [-0.1, -0.05) is 23.2 Å². The van der Waals surface area contributed by atoms with E-state index in [1.165, 1.54) is 12.1 Å². The second kappa shape index (κ2) is 6.44. The van der Waals surface area contributed by atoms with Gasteiger partial charge in [0, 0.05) is 17.1 Å². The minimum absolute atomic E-state index is 0.0298. The van der Waals surface area contributed by atoms with Gasteiger partial charge in [0.15, 0.2) is 0 Å². The predicted molar refractivity (Wildman–Crippen MR) is 80.3 cm³/mol. The Bertz CT molecular complexity index is 617. The topological polar surface area (TPSA) is 35.2 Å². The van der Waals surface area contributed by atoms with Crippen molar-refractivity contribution in [1.29, 1.82) is 0 Å². The highest BCUT2D eigenvalue weighted by Crippen LogP contribution is 2.30. The lowest BCUT2D eigenvalue weighted by Gasteiger charge is -2.13. The van der Waals surface area contributed by atoms with Crippen molar-refractivity contribution in [2.45, 2.75) is 19.4 Å². The maximum atomic E-state index is 13.4. The van der Waals surface area contributed by atoms with Crippen LogP contribution in [0.2, 0.25) is 10.0 Å². The van der Waals surface area contributed by atoms with E-state index in [0.717, 1.165) is 5.56 Å². The molecule has 0 aliphatic heterocycles. The zero-order chi connectivity index (χ0) is 14.7. The Hall–Kier alpha value is -1.29. The average molecular weight is 314 g/mol. The first-order valence-corrected chi connectivity index (χ1v) is 6.88. The molecule has 2 aromatic carbocycles. The van der Waals surface area contributed by atoms with Crippen molar-refractivity contribution >= 4 is 23.2 Å². The predicted octanol–water partition coefficient (Wildman–Crippen LogP) is 4.81. The van der Waals surface area contributed by atoms with Crippen molar-refractivity contribution in [1.82, 2.24) is 0 Å². The van der Waals surface area contributed by atoms with E-state index in [4.69, 9.17) is 33.7 Å². The molecule has 1 atom stereocenters. The molecule has 106 valence electrons. The summed E-state index contributed by atoms with van der Waals surface area (Å²) in [6, 6.07) is 9.53. The fourth-order valence-electron chi connectivity index (χ4n) is 1.82. The van der Waals surface area contributed by atoms with Gasteiger partial charge in [0.2, 0.25) is 0 Å². The summed E-state index contributed by atoms with van der Waals surface area (Å²) in [5.74, 6) is 0.459. The van der Waals surface area contributed by atoms with Crippen LogP contribution < -0.4 is 10.5 Å². The molecule has 2 aromatic rings. The lowest BCUT2D eigenvalue weighted by atomic mass is 10.1. The van der Waals surface area contributed by atoms with Gasteiger partial charge in [0.25, 0.3) is 0 Å². The van der Waals surface area contributed by atoms with Gasteiger partial charge >= 0.3 is 0 Å². The Morgan fingerprint density at radius 2 is 1.95 bits per heavy atom. The summed E-state index contributed by atoms with van der Waals surface area (Å²) < 4.78 is 19.1. The van der Waals surface area contributed by atoms with Crippen LogP contribution in [0.3, 0.4) is 0 Å². The molecule has 2 nitrogen and oxygen atoms in total. The molecule has 2 N–H and O–H groups in total. The third-order valence-electron chi connectivity index (χ3n) is 2.68. The highest BCUT2D eigenvalue weighted by Gasteiger charge is 2.09. The molecule has 0 aromatic heterocycles. The van der Waals surface area contributed by atoms with Gasteiger partial charge in [-0.05, 0) is 49.2 Å². The molecule has 0 spiro atoms. The fourth-order valence-corrected chi connectivity index (χ4v) is 2.13. The summed E-state index contributed by atoms with van der Waals surface area (Å²) in [6.07, 6.45) is 0.617. The minimum Gasteiger partial charge on any atom is -0.457 e. The minimum atomic E-state index is -0.521. The summed E-state index contributed by atoms with van der Waals surface area (Å²) in [5.41, 5.74) is 6.68. The maximum Gasteiger partial charge on any atom is 0.145 e. The molecule has 0 saturated heterocycles. The molecule has 0 radical (unpaired) electrons. The first-order valence-electron chi connectivity index (χ1n) is 6.12.